The van der Waals surface area contributed by atoms with E-state index in [1.807, 2.05) is 30.7 Å². The van der Waals surface area contributed by atoms with E-state index < -0.39 is 0 Å². The lowest BCUT2D eigenvalue weighted by Crippen LogP contribution is -2.52. The Morgan fingerprint density at radius 3 is 2.70 bits per heavy atom. The summed E-state index contributed by atoms with van der Waals surface area (Å²) in [4.78, 5) is 0. The Morgan fingerprint density at radius 1 is 1.40 bits per heavy atom. The second-order valence-corrected chi connectivity index (χ2v) is 5.51. The number of fused-ring (bicyclic) bond motifs is 1. The molecule has 1 atom stereocenters. The Hall–Kier alpha value is -1.43. The first kappa shape index (κ1) is 15.0. The van der Waals surface area contributed by atoms with Crippen LogP contribution in [0, 0.1) is 0 Å². The molecule has 0 saturated carbocycles. The quantitative estimate of drug-likeness (QED) is 0.624. The average Bonchev–Trinajstić information content (AvgIpc) is 2.82. The number of hydrogen-bond acceptors (Lipinski definition) is 4. The minimum Gasteiger partial charge on any atom is -0.377 e. The summed E-state index contributed by atoms with van der Waals surface area (Å²) in [7, 11) is 1.70. The molecule has 0 aliphatic carbocycles. The number of ether oxygens (including phenoxy) is 1. The van der Waals surface area contributed by atoms with Gasteiger partial charge in [0.05, 0.1) is 22.9 Å². The highest BCUT2D eigenvalue weighted by molar-refractivity contribution is 5.82. The number of nitrogens with two attached hydrogens (primary N) is 1. The van der Waals surface area contributed by atoms with Crippen LogP contribution >= 0.6 is 0 Å². The Morgan fingerprint density at radius 2 is 2.10 bits per heavy atom. The van der Waals surface area contributed by atoms with E-state index in [9.17, 15) is 0 Å². The summed E-state index contributed by atoms with van der Waals surface area (Å²) in [6, 6.07) is 8.28. The summed E-state index contributed by atoms with van der Waals surface area (Å²) in [5.41, 5.74) is 4.72. The first-order chi connectivity index (χ1) is 9.53. The van der Waals surface area contributed by atoms with Gasteiger partial charge in [-0.25, -0.2) is 0 Å². The predicted molar refractivity (Wildman–Crippen MR) is 81.3 cm³/mol. The highest BCUT2D eigenvalue weighted by atomic mass is 16.5. The van der Waals surface area contributed by atoms with Gasteiger partial charge in [0.1, 0.15) is 0 Å². The summed E-state index contributed by atoms with van der Waals surface area (Å²) in [5, 5.41) is 5.89. The molecule has 0 aliphatic heterocycles. The fourth-order valence-electron chi connectivity index (χ4n) is 2.43. The molecule has 20 heavy (non-hydrogen) atoms. The van der Waals surface area contributed by atoms with Crippen molar-refractivity contribution >= 4 is 10.9 Å². The van der Waals surface area contributed by atoms with E-state index >= 15 is 0 Å². The summed E-state index contributed by atoms with van der Waals surface area (Å²) >= 11 is 0. The zero-order chi connectivity index (χ0) is 14.8. The molecule has 0 aliphatic rings. The van der Waals surface area contributed by atoms with Gasteiger partial charge in [0.15, 0.2) is 0 Å². The van der Waals surface area contributed by atoms with E-state index in [0.717, 1.165) is 24.2 Å². The Labute approximate surface area is 120 Å². The van der Waals surface area contributed by atoms with Crippen LogP contribution in [-0.4, -0.2) is 28.5 Å². The van der Waals surface area contributed by atoms with Crippen molar-refractivity contribution < 1.29 is 4.74 Å². The number of hydrogen-bond donors (Lipinski definition) is 2. The summed E-state index contributed by atoms with van der Waals surface area (Å²) < 4.78 is 7.56. The zero-order valence-electron chi connectivity index (χ0n) is 12.7. The minimum absolute atomic E-state index is 0.00360. The fraction of sp³-hybridized carbons (Fsp3) is 0.533. The molecule has 110 valence electrons. The standard InChI is InChI=1S/C15H24N4O/c1-5-19-13-9-7-6-8-11(13)12(18-19)10-14(17-16)15(2,3)20-4/h6-9,14,17H,5,10,16H2,1-4H3. The SMILES string of the molecule is CCn1nc(CC(NN)C(C)(C)OC)c2ccccc21. The molecular weight excluding hydrogens is 252 g/mol. The molecule has 0 fully saturated rings. The van der Waals surface area contributed by atoms with E-state index in [-0.39, 0.29) is 11.6 Å². The van der Waals surface area contributed by atoms with Crippen LogP contribution in [0.5, 0.6) is 0 Å². The van der Waals surface area contributed by atoms with Crippen LogP contribution in [0.3, 0.4) is 0 Å². The van der Waals surface area contributed by atoms with E-state index in [4.69, 9.17) is 15.7 Å². The van der Waals surface area contributed by atoms with Gasteiger partial charge in [0.25, 0.3) is 0 Å². The molecule has 5 nitrogen and oxygen atoms in total. The average molecular weight is 276 g/mol. The first-order valence-corrected chi connectivity index (χ1v) is 6.99. The lowest BCUT2D eigenvalue weighted by atomic mass is 9.94. The van der Waals surface area contributed by atoms with Crippen LogP contribution in [0.25, 0.3) is 10.9 Å². The van der Waals surface area contributed by atoms with Crippen molar-refractivity contribution in [1.82, 2.24) is 15.2 Å². The Balaban J connectivity index is 2.38. The summed E-state index contributed by atoms with van der Waals surface area (Å²) in [6.07, 6.45) is 0.727. The molecule has 1 aromatic carbocycles. The Bertz CT molecular complexity index is 576. The van der Waals surface area contributed by atoms with E-state index in [0.29, 0.717) is 0 Å². The van der Waals surface area contributed by atoms with Crippen molar-refractivity contribution in [3.8, 4) is 0 Å². The van der Waals surface area contributed by atoms with Crippen LogP contribution in [-0.2, 0) is 17.7 Å². The van der Waals surface area contributed by atoms with Gasteiger partial charge in [-0.05, 0) is 26.8 Å². The molecule has 0 spiro atoms. The second kappa shape index (κ2) is 5.91. The molecule has 2 rings (SSSR count). The van der Waals surface area contributed by atoms with Crippen molar-refractivity contribution in [3.05, 3.63) is 30.0 Å². The molecule has 3 N–H and O–H groups in total. The van der Waals surface area contributed by atoms with Gasteiger partial charge in [0.2, 0.25) is 0 Å². The third-order valence-corrected chi connectivity index (χ3v) is 4.00. The van der Waals surface area contributed by atoms with Crippen LogP contribution in [0.4, 0.5) is 0 Å². The molecule has 0 radical (unpaired) electrons. The van der Waals surface area contributed by atoms with Crippen LogP contribution in [0.15, 0.2) is 24.3 Å². The number of methoxy groups -OCH3 is 1. The van der Waals surface area contributed by atoms with Crippen molar-refractivity contribution in [2.45, 2.75) is 45.4 Å². The van der Waals surface area contributed by atoms with Crippen molar-refractivity contribution in [3.63, 3.8) is 0 Å². The van der Waals surface area contributed by atoms with Gasteiger partial charge in [-0.15, -0.1) is 0 Å². The van der Waals surface area contributed by atoms with Gasteiger partial charge in [-0.3, -0.25) is 16.0 Å². The maximum Gasteiger partial charge on any atom is 0.0792 e. The van der Waals surface area contributed by atoms with Gasteiger partial charge in [-0.1, -0.05) is 18.2 Å². The molecule has 1 unspecified atom stereocenters. The molecule has 5 heteroatoms. The number of nitrogens with zero attached hydrogens (tertiary/aromatic N) is 2. The maximum absolute atomic E-state index is 5.70. The third-order valence-electron chi connectivity index (χ3n) is 4.00. The third kappa shape index (κ3) is 2.70. The molecule has 0 amide bonds. The summed E-state index contributed by atoms with van der Waals surface area (Å²) in [6.45, 7) is 7.00. The van der Waals surface area contributed by atoms with Crippen LogP contribution in [0.2, 0.25) is 0 Å². The smallest absolute Gasteiger partial charge is 0.0792 e. The number of rotatable bonds is 6. The molecule has 0 saturated heterocycles. The second-order valence-electron chi connectivity index (χ2n) is 5.51. The summed E-state index contributed by atoms with van der Waals surface area (Å²) in [5.74, 6) is 5.70. The molecule has 2 aromatic rings. The highest BCUT2D eigenvalue weighted by Gasteiger charge is 2.30. The highest BCUT2D eigenvalue weighted by Crippen LogP contribution is 2.23. The fourth-order valence-corrected chi connectivity index (χ4v) is 2.43. The number of hydrazine groups is 1. The monoisotopic (exact) mass is 276 g/mol. The van der Waals surface area contributed by atoms with Gasteiger partial charge < -0.3 is 4.74 Å². The normalized spacial score (nSPS) is 13.8. The zero-order valence-corrected chi connectivity index (χ0v) is 12.7. The van der Waals surface area contributed by atoms with Gasteiger partial charge in [-0.2, -0.15) is 5.10 Å². The number of nitrogens with one attached hydrogen (secondary N) is 1. The van der Waals surface area contributed by atoms with Crippen LogP contribution < -0.4 is 11.3 Å². The first-order valence-electron chi connectivity index (χ1n) is 6.99. The van der Waals surface area contributed by atoms with E-state index in [1.165, 1.54) is 5.39 Å². The van der Waals surface area contributed by atoms with E-state index in [1.54, 1.807) is 7.11 Å². The number of aryl methyl sites for hydroxylation is 1. The Kier molecular flexibility index (Phi) is 4.42. The van der Waals surface area contributed by atoms with E-state index in [2.05, 4.69) is 24.5 Å². The predicted octanol–water partition coefficient (Wildman–Crippen LogP) is 1.86. The minimum atomic E-state index is -0.355. The van der Waals surface area contributed by atoms with Gasteiger partial charge >= 0.3 is 0 Å². The molecular formula is C15H24N4O. The van der Waals surface area contributed by atoms with Crippen molar-refractivity contribution in [2.75, 3.05) is 7.11 Å². The molecule has 1 aromatic heterocycles. The molecule has 1 heterocycles. The largest absolute Gasteiger partial charge is 0.377 e. The van der Waals surface area contributed by atoms with Crippen molar-refractivity contribution in [1.29, 1.82) is 0 Å². The number of benzene rings is 1. The lowest BCUT2D eigenvalue weighted by molar-refractivity contribution is -0.0103. The topological polar surface area (TPSA) is 65.1 Å². The number of aromatic nitrogens is 2. The van der Waals surface area contributed by atoms with Crippen molar-refractivity contribution in [2.24, 2.45) is 5.84 Å². The molecule has 0 bridgehead atoms. The maximum atomic E-state index is 5.70. The lowest BCUT2D eigenvalue weighted by Gasteiger charge is -2.32. The number of para-hydroxylation sites is 1. The van der Waals surface area contributed by atoms with Gasteiger partial charge in [0, 0.05) is 25.5 Å². The van der Waals surface area contributed by atoms with Crippen LogP contribution in [0.1, 0.15) is 26.5 Å².